The molecule has 0 saturated heterocycles. The molecule has 4 aliphatic rings. The van der Waals surface area contributed by atoms with Crippen LogP contribution < -0.4 is 0 Å². The molecule has 0 aromatic carbocycles. The number of rotatable bonds is 4. The van der Waals surface area contributed by atoms with E-state index in [1.54, 1.807) is 0 Å². The Morgan fingerprint density at radius 3 is 2.41 bits per heavy atom. The van der Waals surface area contributed by atoms with Crippen LogP contribution in [-0.2, 0) is 0 Å². The number of aliphatic hydroxyl groups is 2. The lowest BCUT2D eigenvalue weighted by atomic mass is 9.46. The van der Waals surface area contributed by atoms with Crippen LogP contribution in [0.4, 0.5) is 13.2 Å². The van der Waals surface area contributed by atoms with Gasteiger partial charge in [-0.3, -0.25) is 0 Å². The quantitative estimate of drug-likeness (QED) is 0.445. The predicted molar refractivity (Wildman–Crippen MR) is 121 cm³/mol. The van der Waals surface area contributed by atoms with Crippen LogP contribution in [-0.4, -0.2) is 27.6 Å². The van der Waals surface area contributed by atoms with Crippen molar-refractivity contribution < 1.29 is 23.4 Å². The van der Waals surface area contributed by atoms with E-state index in [9.17, 15) is 23.4 Å². The van der Waals surface area contributed by atoms with Crippen molar-refractivity contribution in [1.29, 1.82) is 0 Å². The fourth-order valence-corrected chi connectivity index (χ4v) is 8.63. The maximum Gasteiger partial charge on any atom is 0.416 e. The lowest BCUT2D eigenvalue weighted by Crippen LogP contribution is -2.52. The molecule has 0 spiro atoms. The fourth-order valence-electron chi connectivity index (χ4n) is 8.63. The Morgan fingerprint density at radius 2 is 1.75 bits per heavy atom. The summed E-state index contributed by atoms with van der Waals surface area (Å²) in [6, 6.07) is 0. The van der Waals surface area contributed by atoms with E-state index in [-0.39, 0.29) is 23.2 Å². The van der Waals surface area contributed by atoms with Crippen LogP contribution in [0.5, 0.6) is 0 Å². The van der Waals surface area contributed by atoms with Gasteiger partial charge in [0.1, 0.15) is 0 Å². The third-order valence-electron chi connectivity index (χ3n) is 10.8. The molecule has 4 rings (SSSR count). The summed E-state index contributed by atoms with van der Waals surface area (Å²) in [6.07, 6.45) is 6.52. The van der Waals surface area contributed by atoms with E-state index >= 15 is 0 Å². The second-order valence-corrected chi connectivity index (χ2v) is 12.9. The smallest absolute Gasteiger partial charge is 0.390 e. The second kappa shape index (κ2) is 7.73. The van der Waals surface area contributed by atoms with E-state index in [4.69, 9.17) is 0 Å². The van der Waals surface area contributed by atoms with Crippen LogP contribution in [0.15, 0.2) is 11.6 Å². The Bertz CT molecular complexity index is 754. The molecule has 4 aliphatic carbocycles. The maximum atomic E-state index is 13.1. The molecule has 0 aromatic rings. The summed E-state index contributed by atoms with van der Waals surface area (Å²) in [4.78, 5) is 0. The molecule has 2 N–H and O–H groups in total. The van der Waals surface area contributed by atoms with Crippen LogP contribution in [0, 0.1) is 40.4 Å². The monoisotopic (exact) mass is 456 g/mol. The first-order valence-electron chi connectivity index (χ1n) is 12.8. The van der Waals surface area contributed by atoms with Crippen molar-refractivity contribution in [3.63, 3.8) is 0 Å². The number of fused-ring (bicyclic) bond motifs is 5. The fraction of sp³-hybridized carbons (Fsp3) is 0.926. The first kappa shape index (κ1) is 24.6. The van der Waals surface area contributed by atoms with Gasteiger partial charge in [-0.15, -0.1) is 0 Å². The molecule has 9 atom stereocenters. The molecule has 3 saturated carbocycles. The summed E-state index contributed by atoms with van der Waals surface area (Å²) in [7, 11) is 0. The average molecular weight is 457 g/mol. The molecule has 0 bridgehead atoms. The van der Waals surface area contributed by atoms with E-state index in [1.807, 2.05) is 6.92 Å². The Kier molecular flexibility index (Phi) is 5.94. The van der Waals surface area contributed by atoms with Gasteiger partial charge in [-0.25, -0.2) is 0 Å². The highest BCUT2D eigenvalue weighted by Crippen LogP contribution is 2.67. The molecule has 1 unspecified atom stereocenters. The second-order valence-electron chi connectivity index (χ2n) is 12.9. The highest BCUT2D eigenvalue weighted by atomic mass is 19.4. The molecular formula is C27H43F3O2. The van der Waals surface area contributed by atoms with Crippen LogP contribution in [0.1, 0.15) is 98.8 Å². The van der Waals surface area contributed by atoms with Gasteiger partial charge in [0.2, 0.25) is 0 Å². The molecule has 0 aliphatic heterocycles. The zero-order valence-corrected chi connectivity index (χ0v) is 20.6. The van der Waals surface area contributed by atoms with Crippen molar-refractivity contribution in [2.45, 2.75) is 116 Å². The molecular weight excluding hydrogens is 413 g/mol. The van der Waals surface area contributed by atoms with Crippen LogP contribution >= 0.6 is 0 Å². The van der Waals surface area contributed by atoms with Crippen molar-refractivity contribution in [1.82, 2.24) is 0 Å². The normalized spacial score (nSPS) is 47.0. The third-order valence-corrected chi connectivity index (χ3v) is 10.8. The van der Waals surface area contributed by atoms with Gasteiger partial charge in [0.05, 0.1) is 5.60 Å². The summed E-state index contributed by atoms with van der Waals surface area (Å²) in [5, 5.41) is 20.6. The number of halogens is 3. The number of alkyl halides is 3. The van der Waals surface area contributed by atoms with E-state index in [2.05, 4.69) is 26.8 Å². The number of hydrogen-bond donors (Lipinski definition) is 2. The standard InChI is InChI=1S/C27H43F3O2/c1-17(10-13-26(5,32)27(28,29)30)20-8-9-21-19-7-6-18-16-23(2,31)14-15-24(18,3)22(19)11-12-25(20,21)4/h6,17,19-22,31-32H,7-16H2,1-5H3/t17-,19+,20?,21+,22+,23+,24+,25-,26+/m1/s1. The number of hydrogen-bond acceptors (Lipinski definition) is 2. The average Bonchev–Trinajstić information content (AvgIpc) is 3.03. The lowest BCUT2D eigenvalue weighted by Gasteiger charge is -2.59. The molecule has 5 heteroatoms. The van der Waals surface area contributed by atoms with Gasteiger partial charge in [-0.2, -0.15) is 13.2 Å². The molecule has 0 aromatic heterocycles. The van der Waals surface area contributed by atoms with Gasteiger partial charge in [-0.05, 0) is 118 Å². The van der Waals surface area contributed by atoms with E-state index in [0.29, 0.717) is 30.1 Å². The first-order chi connectivity index (χ1) is 14.6. The van der Waals surface area contributed by atoms with Gasteiger partial charge in [-0.1, -0.05) is 32.4 Å². The summed E-state index contributed by atoms with van der Waals surface area (Å²) in [5.74, 6) is 2.57. The molecule has 184 valence electrons. The van der Waals surface area contributed by atoms with Gasteiger partial charge in [0, 0.05) is 0 Å². The van der Waals surface area contributed by atoms with E-state index < -0.39 is 17.4 Å². The highest BCUT2D eigenvalue weighted by Gasteiger charge is 2.60. The van der Waals surface area contributed by atoms with Gasteiger partial charge in [0.25, 0.3) is 0 Å². The summed E-state index contributed by atoms with van der Waals surface area (Å²) in [5.41, 5.74) is -1.32. The van der Waals surface area contributed by atoms with Gasteiger partial charge in [0.15, 0.2) is 5.60 Å². The third kappa shape index (κ3) is 3.87. The minimum atomic E-state index is -4.57. The number of allylic oxidation sites excluding steroid dienone is 1. The van der Waals surface area contributed by atoms with Crippen molar-refractivity contribution in [2.75, 3.05) is 0 Å². The lowest BCUT2D eigenvalue weighted by molar-refractivity contribution is -0.256. The molecule has 0 amide bonds. The summed E-state index contributed by atoms with van der Waals surface area (Å²) in [6.45, 7) is 9.84. The molecule has 0 heterocycles. The first-order valence-corrected chi connectivity index (χ1v) is 12.8. The summed E-state index contributed by atoms with van der Waals surface area (Å²) >= 11 is 0. The Balaban J connectivity index is 1.49. The van der Waals surface area contributed by atoms with Crippen molar-refractivity contribution in [3.05, 3.63) is 11.6 Å². The van der Waals surface area contributed by atoms with Crippen molar-refractivity contribution in [3.8, 4) is 0 Å². The minimum absolute atomic E-state index is 0.186. The van der Waals surface area contributed by atoms with Crippen molar-refractivity contribution >= 4 is 0 Å². The molecule has 0 radical (unpaired) electrons. The zero-order valence-electron chi connectivity index (χ0n) is 20.6. The van der Waals surface area contributed by atoms with Crippen LogP contribution in [0.2, 0.25) is 0 Å². The van der Waals surface area contributed by atoms with Gasteiger partial charge >= 0.3 is 6.18 Å². The molecule has 32 heavy (non-hydrogen) atoms. The van der Waals surface area contributed by atoms with Gasteiger partial charge < -0.3 is 10.2 Å². The zero-order chi connectivity index (χ0) is 23.7. The van der Waals surface area contributed by atoms with E-state index in [1.165, 1.54) is 18.4 Å². The van der Waals surface area contributed by atoms with E-state index in [0.717, 1.165) is 45.4 Å². The molecule has 2 nitrogen and oxygen atoms in total. The molecule has 3 fully saturated rings. The SMILES string of the molecule is C[C@H](CC[C@](C)(O)C(F)(F)F)C1CC[C@H]2[C@@H]3CC=C4C[C@@](C)(O)CC[C@]4(C)[C@H]3CC[C@]12C. The highest BCUT2D eigenvalue weighted by molar-refractivity contribution is 5.26. The maximum absolute atomic E-state index is 13.1. The van der Waals surface area contributed by atoms with Crippen molar-refractivity contribution in [2.24, 2.45) is 40.4 Å². The van der Waals surface area contributed by atoms with Crippen LogP contribution in [0.25, 0.3) is 0 Å². The Labute approximate surface area is 192 Å². The predicted octanol–water partition coefficient (Wildman–Crippen LogP) is 7.05. The largest absolute Gasteiger partial charge is 0.416 e. The Morgan fingerprint density at radius 1 is 1.06 bits per heavy atom. The van der Waals surface area contributed by atoms with Crippen LogP contribution in [0.3, 0.4) is 0 Å². The topological polar surface area (TPSA) is 40.5 Å². The summed E-state index contributed by atoms with van der Waals surface area (Å²) < 4.78 is 39.4. The minimum Gasteiger partial charge on any atom is -0.390 e. The Hall–Kier alpha value is -0.550.